The van der Waals surface area contributed by atoms with Crippen LogP contribution in [-0.2, 0) is 0 Å². The molecule has 27 heavy (non-hydrogen) atoms. The van der Waals surface area contributed by atoms with Crippen molar-refractivity contribution in [3.63, 3.8) is 0 Å². The Kier molecular flexibility index (Phi) is 5.18. The van der Waals surface area contributed by atoms with Gasteiger partial charge >= 0.3 is 6.61 Å². The number of hydrogen-bond donors (Lipinski definition) is 1. The molecule has 0 bridgehead atoms. The van der Waals surface area contributed by atoms with Crippen LogP contribution in [0.1, 0.15) is 23.9 Å². The molecule has 1 aliphatic rings. The van der Waals surface area contributed by atoms with Gasteiger partial charge in [0.15, 0.2) is 5.11 Å². The molecule has 1 fully saturated rings. The number of hydrogen-bond acceptors (Lipinski definition) is 4. The quantitative estimate of drug-likeness (QED) is 0.586. The molecule has 2 heterocycles. The average Bonchev–Trinajstić information content (AvgIpc) is 3.29. The molecule has 1 aliphatic heterocycles. The van der Waals surface area contributed by atoms with Crippen LogP contribution in [0.2, 0.25) is 0 Å². The zero-order valence-electron chi connectivity index (χ0n) is 14.3. The van der Waals surface area contributed by atoms with E-state index in [4.69, 9.17) is 17.2 Å². The summed E-state index contributed by atoms with van der Waals surface area (Å²) in [5, 5.41) is 4.87. The SMILES string of the molecule is FC(F)Oc1ccc(NC(=S)N2CCC[C@@H]2c2nc3ccccc3s2)cc1. The number of rotatable bonds is 4. The number of anilines is 1. The van der Waals surface area contributed by atoms with Crippen LogP contribution in [0.15, 0.2) is 48.5 Å². The van der Waals surface area contributed by atoms with Crippen LogP contribution in [0.25, 0.3) is 10.2 Å². The number of benzene rings is 2. The summed E-state index contributed by atoms with van der Waals surface area (Å²) in [6.07, 6.45) is 2.05. The first-order valence-electron chi connectivity index (χ1n) is 8.58. The fourth-order valence-electron chi connectivity index (χ4n) is 3.21. The molecular formula is C19H17F2N3OS2. The van der Waals surface area contributed by atoms with Gasteiger partial charge in [-0.15, -0.1) is 11.3 Å². The van der Waals surface area contributed by atoms with Crippen LogP contribution in [0, 0.1) is 0 Å². The molecule has 1 atom stereocenters. The van der Waals surface area contributed by atoms with Crippen molar-refractivity contribution in [2.24, 2.45) is 0 Å². The van der Waals surface area contributed by atoms with Crippen molar-refractivity contribution in [2.75, 3.05) is 11.9 Å². The first kappa shape index (κ1) is 18.1. The molecule has 1 aromatic heterocycles. The van der Waals surface area contributed by atoms with Gasteiger partial charge in [-0.05, 0) is 61.5 Å². The number of nitrogens with zero attached hydrogens (tertiary/aromatic N) is 2. The fraction of sp³-hybridized carbons (Fsp3) is 0.263. The topological polar surface area (TPSA) is 37.4 Å². The summed E-state index contributed by atoms with van der Waals surface area (Å²) in [6, 6.07) is 14.6. The standard InChI is InChI=1S/C19H17F2N3OS2/c20-18(21)25-13-9-7-12(8-10-13)22-19(26)24-11-3-5-15(24)17-23-14-4-1-2-6-16(14)27-17/h1-2,4,6-10,15,18H,3,5,11H2,(H,22,26)/t15-/m1/s1. The lowest BCUT2D eigenvalue weighted by molar-refractivity contribution is -0.0498. The second-order valence-electron chi connectivity index (χ2n) is 6.20. The van der Waals surface area contributed by atoms with Crippen molar-refractivity contribution >= 4 is 44.6 Å². The molecule has 4 nitrogen and oxygen atoms in total. The highest BCUT2D eigenvalue weighted by Crippen LogP contribution is 2.36. The Labute approximate surface area is 164 Å². The van der Waals surface area contributed by atoms with E-state index in [0.717, 1.165) is 35.6 Å². The fourth-order valence-corrected chi connectivity index (χ4v) is 4.67. The van der Waals surface area contributed by atoms with Crippen LogP contribution in [-0.4, -0.2) is 28.2 Å². The summed E-state index contributed by atoms with van der Waals surface area (Å²) in [6.45, 7) is -1.97. The largest absolute Gasteiger partial charge is 0.435 e. The van der Waals surface area contributed by atoms with Crippen LogP contribution in [0.3, 0.4) is 0 Å². The molecule has 0 radical (unpaired) electrons. The number of alkyl halides is 2. The maximum absolute atomic E-state index is 12.2. The Bertz CT molecular complexity index is 913. The molecule has 1 saturated heterocycles. The van der Waals surface area contributed by atoms with Gasteiger partial charge in [0.2, 0.25) is 0 Å². The number of thiocarbonyl (C=S) groups is 1. The maximum Gasteiger partial charge on any atom is 0.387 e. The van der Waals surface area contributed by atoms with Gasteiger partial charge in [-0.1, -0.05) is 12.1 Å². The van der Waals surface area contributed by atoms with E-state index in [9.17, 15) is 8.78 Å². The highest BCUT2D eigenvalue weighted by Gasteiger charge is 2.30. The van der Waals surface area contributed by atoms with E-state index in [1.807, 2.05) is 18.2 Å². The predicted octanol–water partition coefficient (Wildman–Crippen LogP) is 5.43. The number of ether oxygens (including phenoxy) is 1. The summed E-state index contributed by atoms with van der Waals surface area (Å²) < 4.78 is 30.0. The normalized spacial score (nSPS) is 16.9. The van der Waals surface area contributed by atoms with E-state index in [2.05, 4.69) is 21.0 Å². The molecule has 0 saturated carbocycles. The number of nitrogens with one attached hydrogen (secondary N) is 1. The molecule has 0 amide bonds. The third-order valence-corrected chi connectivity index (χ3v) is 5.91. The van der Waals surface area contributed by atoms with Gasteiger partial charge in [0, 0.05) is 12.2 Å². The molecule has 0 spiro atoms. The van der Waals surface area contributed by atoms with Crippen molar-refractivity contribution in [2.45, 2.75) is 25.5 Å². The molecule has 1 N–H and O–H groups in total. The number of para-hydroxylation sites is 1. The lowest BCUT2D eigenvalue weighted by atomic mass is 10.2. The Morgan fingerprint density at radius 1 is 1.22 bits per heavy atom. The highest BCUT2D eigenvalue weighted by atomic mass is 32.1. The summed E-state index contributed by atoms with van der Waals surface area (Å²) in [4.78, 5) is 6.92. The van der Waals surface area contributed by atoms with E-state index >= 15 is 0 Å². The van der Waals surface area contributed by atoms with Crippen LogP contribution in [0.5, 0.6) is 5.75 Å². The predicted molar refractivity (Wildman–Crippen MR) is 108 cm³/mol. The zero-order chi connectivity index (χ0) is 18.8. The smallest absolute Gasteiger partial charge is 0.387 e. The van der Waals surface area contributed by atoms with Crippen molar-refractivity contribution in [3.05, 3.63) is 53.5 Å². The maximum atomic E-state index is 12.2. The van der Waals surface area contributed by atoms with Gasteiger partial charge in [-0.2, -0.15) is 8.78 Å². The van der Waals surface area contributed by atoms with Gasteiger partial charge < -0.3 is 15.0 Å². The Balaban J connectivity index is 1.47. The zero-order valence-corrected chi connectivity index (χ0v) is 15.9. The van der Waals surface area contributed by atoms with E-state index in [0.29, 0.717) is 5.11 Å². The summed E-state index contributed by atoms with van der Waals surface area (Å²) in [5.41, 5.74) is 1.74. The van der Waals surface area contributed by atoms with E-state index in [-0.39, 0.29) is 11.8 Å². The van der Waals surface area contributed by atoms with Crippen LogP contribution < -0.4 is 10.1 Å². The minimum absolute atomic E-state index is 0.120. The Hall–Kier alpha value is -2.32. The number of fused-ring (bicyclic) bond motifs is 1. The van der Waals surface area contributed by atoms with E-state index in [1.54, 1.807) is 23.5 Å². The monoisotopic (exact) mass is 405 g/mol. The van der Waals surface area contributed by atoms with E-state index in [1.165, 1.54) is 16.8 Å². The second-order valence-corrected chi connectivity index (χ2v) is 7.65. The number of aromatic nitrogens is 1. The number of likely N-dealkylation sites (tertiary alicyclic amines) is 1. The van der Waals surface area contributed by atoms with Gasteiger partial charge in [-0.3, -0.25) is 0 Å². The summed E-state index contributed by atoms with van der Waals surface area (Å²) >= 11 is 7.30. The lowest BCUT2D eigenvalue weighted by Gasteiger charge is -2.26. The summed E-state index contributed by atoms with van der Waals surface area (Å²) in [7, 11) is 0. The number of halogens is 2. The molecule has 4 rings (SSSR count). The van der Waals surface area contributed by atoms with Crippen molar-refractivity contribution in [1.82, 2.24) is 9.88 Å². The lowest BCUT2D eigenvalue weighted by Crippen LogP contribution is -2.34. The first-order valence-corrected chi connectivity index (χ1v) is 9.80. The second kappa shape index (κ2) is 7.74. The van der Waals surface area contributed by atoms with Gasteiger partial charge in [0.05, 0.1) is 16.3 Å². The molecule has 8 heteroatoms. The van der Waals surface area contributed by atoms with E-state index < -0.39 is 6.61 Å². The Morgan fingerprint density at radius 3 is 2.74 bits per heavy atom. The van der Waals surface area contributed by atoms with Crippen LogP contribution >= 0.6 is 23.6 Å². The minimum atomic E-state index is -2.83. The third kappa shape index (κ3) is 4.01. The molecule has 140 valence electrons. The molecule has 2 aromatic carbocycles. The van der Waals surface area contributed by atoms with Crippen molar-refractivity contribution in [3.8, 4) is 5.75 Å². The molecule has 3 aromatic rings. The highest BCUT2D eigenvalue weighted by molar-refractivity contribution is 7.80. The minimum Gasteiger partial charge on any atom is -0.435 e. The van der Waals surface area contributed by atoms with Gasteiger partial charge in [-0.25, -0.2) is 4.98 Å². The Morgan fingerprint density at radius 2 is 2.00 bits per heavy atom. The molecule has 0 unspecified atom stereocenters. The molecular weight excluding hydrogens is 388 g/mol. The third-order valence-electron chi connectivity index (χ3n) is 4.44. The van der Waals surface area contributed by atoms with Crippen LogP contribution in [0.4, 0.5) is 14.5 Å². The number of thiazole rings is 1. The van der Waals surface area contributed by atoms with Crippen molar-refractivity contribution in [1.29, 1.82) is 0 Å². The van der Waals surface area contributed by atoms with Crippen molar-refractivity contribution < 1.29 is 13.5 Å². The average molecular weight is 405 g/mol. The summed E-state index contributed by atoms with van der Waals surface area (Å²) in [5.74, 6) is 0.120. The molecule has 0 aliphatic carbocycles. The van der Waals surface area contributed by atoms with Gasteiger partial charge in [0.25, 0.3) is 0 Å². The first-order chi connectivity index (χ1) is 13.1. The van der Waals surface area contributed by atoms with Gasteiger partial charge in [0.1, 0.15) is 10.8 Å².